The van der Waals surface area contributed by atoms with Crippen molar-refractivity contribution in [2.24, 2.45) is 0 Å². The highest BCUT2D eigenvalue weighted by atomic mass is 79.9. The Morgan fingerprint density at radius 3 is 2.87 bits per heavy atom. The molecule has 1 aromatic carbocycles. The molecule has 0 spiro atoms. The maximum Gasteiger partial charge on any atom is 0.283 e. The Kier molecular flexibility index (Phi) is 4.71. The van der Waals surface area contributed by atoms with E-state index in [1.54, 1.807) is 12.1 Å². The Morgan fingerprint density at radius 1 is 1.53 bits per heavy atom. The van der Waals surface area contributed by atoms with Crippen LogP contribution in [0.25, 0.3) is 0 Å². The largest absolute Gasteiger partial charge is 0.313 e. The summed E-state index contributed by atoms with van der Waals surface area (Å²) in [6, 6.07) is 5.17. The molecule has 4 nitrogen and oxygen atoms in total. The quantitative estimate of drug-likeness (QED) is 0.510. The van der Waals surface area contributed by atoms with Crippen LogP contribution in [0, 0.1) is 10.1 Å². The minimum Gasteiger partial charge on any atom is -0.313 e. The van der Waals surface area contributed by atoms with E-state index in [4.69, 9.17) is 0 Å². The lowest BCUT2D eigenvalue weighted by atomic mass is 10.2. The lowest BCUT2D eigenvalue weighted by Crippen LogP contribution is -2.13. The van der Waals surface area contributed by atoms with Gasteiger partial charge in [-0.2, -0.15) is 0 Å². The second-order valence-electron chi connectivity index (χ2n) is 3.22. The molecule has 0 aromatic heterocycles. The van der Waals surface area contributed by atoms with Crippen LogP contribution in [0.15, 0.2) is 22.7 Å². The Morgan fingerprint density at radius 2 is 2.27 bits per heavy atom. The van der Waals surface area contributed by atoms with Gasteiger partial charge in [0.2, 0.25) is 0 Å². The summed E-state index contributed by atoms with van der Waals surface area (Å²) in [4.78, 5) is 10.3. The standard InChI is InChI=1S/C10H13BrN2O2/c1-2-5-12-7-8-3-4-9(11)10(6-8)13(14)15/h3-4,6,12H,2,5,7H2,1H3. The Bertz CT molecular complexity index is 355. The number of halogens is 1. The number of nitrogens with one attached hydrogen (secondary N) is 1. The van der Waals surface area contributed by atoms with Crippen LogP contribution in [0.3, 0.4) is 0 Å². The van der Waals surface area contributed by atoms with Crippen molar-refractivity contribution in [3.8, 4) is 0 Å². The Balaban J connectivity index is 2.74. The number of hydrogen-bond acceptors (Lipinski definition) is 3. The van der Waals surface area contributed by atoms with Crippen LogP contribution in [0.1, 0.15) is 18.9 Å². The first kappa shape index (κ1) is 12.1. The fraction of sp³-hybridized carbons (Fsp3) is 0.400. The minimum absolute atomic E-state index is 0.116. The molecule has 0 aliphatic carbocycles. The maximum absolute atomic E-state index is 10.7. The molecule has 1 aromatic rings. The first-order chi connectivity index (χ1) is 7.15. The zero-order valence-electron chi connectivity index (χ0n) is 8.50. The molecule has 0 heterocycles. The predicted molar refractivity (Wildman–Crippen MR) is 62.8 cm³/mol. The Labute approximate surface area is 97.0 Å². The molecule has 82 valence electrons. The molecule has 0 unspecified atom stereocenters. The fourth-order valence-electron chi connectivity index (χ4n) is 1.22. The number of nitrogens with zero attached hydrogens (tertiary/aromatic N) is 1. The molecular weight excluding hydrogens is 260 g/mol. The fourth-order valence-corrected chi connectivity index (χ4v) is 1.61. The number of nitro benzene ring substituents is 1. The van der Waals surface area contributed by atoms with Gasteiger partial charge in [0, 0.05) is 12.6 Å². The van der Waals surface area contributed by atoms with Crippen molar-refractivity contribution in [2.75, 3.05) is 6.54 Å². The van der Waals surface area contributed by atoms with Gasteiger partial charge in [-0.1, -0.05) is 13.0 Å². The van der Waals surface area contributed by atoms with E-state index in [1.165, 1.54) is 0 Å². The molecule has 0 aliphatic heterocycles. The third-order valence-electron chi connectivity index (χ3n) is 1.96. The van der Waals surface area contributed by atoms with Crippen molar-refractivity contribution in [3.63, 3.8) is 0 Å². The van der Waals surface area contributed by atoms with E-state index in [1.807, 2.05) is 6.07 Å². The molecule has 0 saturated heterocycles. The highest BCUT2D eigenvalue weighted by molar-refractivity contribution is 9.10. The zero-order chi connectivity index (χ0) is 11.3. The number of nitro groups is 1. The van der Waals surface area contributed by atoms with E-state index in [2.05, 4.69) is 28.2 Å². The van der Waals surface area contributed by atoms with Crippen LogP contribution in [0.5, 0.6) is 0 Å². The van der Waals surface area contributed by atoms with Gasteiger partial charge in [0.15, 0.2) is 0 Å². The second-order valence-corrected chi connectivity index (χ2v) is 4.07. The molecule has 0 amide bonds. The number of rotatable bonds is 5. The van der Waals surface area contributed by atoms with E-state index in [0.717, 1.165) is 18.5 Å². The average molecular weight is 273 g/mol. The lowest BCUT2D eigenvalue weighted by molar-refractivity contribution is -0.385. The topological polar surface area (TPSA) is 55.2 Å². The van der Waals surface area contributed by atoms with Gasteiger partial charge in [0.05, 0.1) is 9.40 Å². The molecule has 1 N–H and O–H groups in total. The minimum atomic E-state index is -0.382. The van der Waals surface area contributed by atoms with E-state index < -0.39 is 0 Å². The summed E-state index contributed by atoms with van der Waals surface area (Å²) < 4.78 is 0.520. The maximum atomic E-state index is 10.7. The molecule has 0 radical (unpaired) electrons. The van der Waals surface area contributed by atoms with Gasteiger partial charge in [-0.15, -0.1) is 0 Å². The summed E-state index contributed by atoms with van der Waals surface area (Å²) in [6.45, 7) is 3.67. The molecular formula is C10H13BrN2O2. The molecule has 0 aliphatic rings. The van der Waals surface area contributed by atoms with Gasteiger partial charge in [0.1, 0.15) is 0 Å². The SMILES string of the molecule is CCCNCc1ccc(Br)c([N+](=O)[O-])c1. The molecule has 15 heavy (non-hydrogen) atoms. The number of hydrogen-bond donors (Lipinski definition) is 1. The summed E-state index contributed by atoms with van der Waals surface area (Å²) in [6.07, 6.45) is 1.05. The van der Waals surface area contributed by atoms with Crippen molar-refractivity contribution < 1.29 is 4.92 Å². The second kappa shape index (κ2) is 5.82. The summed E-state index contributed by atoms with van der Waals surface area (Å²) in [7, 11) is 0. The zero-order valence-corrected chi connectivity index (χ0v) is 10.1. The first-order valence-corrected chi connectivity index (χ1v) is 5.58. The lowest BCUT2D eigenvalue weighted by Gasteiger charge is -2.03. The summed E-state index contributed by atoms with van der Waals surface area (Å²) in [5.41, 5.74) is 1.05. The Hall–Kier alpha value is -0.940. The van der Waals surface area contributed by atoms with Crippen LogP contribution in [-0.2, 0) is 6.54 Å². The van der Waals surface area contributed by atoms with Gasteiger partial charge in [-0.3, -0.25) is 10.1 Å². The smallest absolute Gasteiger partial charge is 0.283 e. The van der Waals surface area contributed by atoms with Gasteiger partial charge in [0.25, 0.3) is 5.69 Å². The van der Waals surface area contributed by atoms with Crippen LogP contribution in [0.4, 0.5) is 5.69 Å². The predicted octanol–water partition coefficient (Wildman–Crippen LogP) is 2.86. The van der Waals surface area contributed by atoms with Crippen LogP contribution in [0.2, 0.25) is 0 Å². The molecule has 0 atom stereocenters. The van der Waals surface area contributed by atoms with Gasteiger partial charge >= 0.3 is 0 Å². The van der Waals surface area contributed by atoms with Crippen molar-refractivity contribution in [2.45, 2.75) is 19.9 Å². The molecule has 0 fully saturated rings. The summed E-state index contributed by atoms with van der Waals surface area (Å²) >= 11 is 3.15. The van der Waals surface area contributed by atoms with Crippen LogP contribution in [-0.4, -0.2) is 11.5 Å². The van der Waals surface area contributed by atoms with Crippen LogP contribution >= 0.6 is 15.9 Å². The van der Waals surface area contributed by atoms with E-state index >= 15 is 0 Å². The van der Waals surface area contributed by atoms with Gasteiger partial charge in [-0.05, 0) is 40.5 Å². The highest BCUT2D eigenvalue weighted by Crippen LogP contribution is 2.25. The van der Waals surface area contributed by atoms with Crippen molar-refractivity contribution in [3.05, 3.63) is 38.3 Å². The van der Waals surface area contributed by atoms with Crippen LogP contribution < -0.4 is 5.32 Å². The monoisotopic (exact) mass is 272 g/mol. The molecule has 1 rings (SSSR count). The van der Waals surface area contributed by atoms with Crippen molar-refractivity contribution in [1.29, 1.82) is 0 Å². The van der Waals surface area contributed by atoms with E-state index in [-0.39, 0.29) is 10.6 Å². The third-order valence-corrected chi connectivity index (χ3v) is 2.63. The van der Waals surface area contributed by atoms with Crippen molar-refractivity contribution >= 4 is 21.6 Å². The molecule has 0 saturated carbocycles. The normalized spacial score (nSPS) is 10.3. The third kappa shape index (κ3) is 3.60. The van der Waals surface area contributed by atoms with Gasteiger partial charge in [-0.25, -0.2) is 0 Å². The number of benzene rings is 1. The van der Waals surface area contributed by atoms with Gasteiger partial charge < -0.3 is 5.32 Å². The van der Waals surface area contributed by atoms with E-state index in [0.29, 0.717) is 11.0 Å². The first-order valence-electron chi connectivity index (χ1n) is 4.78. The van der Waals surface area contributed by atoms with E-state index in [9.17, 15) is 10.1 Å². The summed E-state index contributed by atoms with van der Waals surface area (Å²) in [5, 5.41) is 13.9. The highest BCUT2D eigenvalue weighted by Gasteiger charge is 2.11. The molecule has 0 bridgehead atoms. The molecule has 5 heteroatoms. The van der Waals surface area contributed by atoms with Crippen molar-refractivity contribution in [1.82, 2.24) is 5.32 Å². The average Bonchev–Trinajstić information content (AvgIpc) is 2.20. The summed E-state index contributed by atoms with van der Waals surface area (Å²) in [5.74, 6) is 0.